The average Bonchev–Trinajstić information content (AvgIpc) is 2.52. The zero-order valence-electron chi connectivity index (χ0n) is 9.59. The Labute approximate surface area is 113 Å². The first kappa shape index (κ1) is 14.7. The second kappa shape index (κ2) is 7.17. The molecule has 1 aromatic carbocycles. The first-order valence-electron chi connectivity index (χ1n) is 5.63. The van der Waals surface area contributed by atoms with Gasteiger partial charge in [0.05, 0.1) is 0 Å². The van der Waals surface area contributed by atoms with Crippen LogP contribution in [0.2, 0.25) is 5.02 Å². The van der Waals surface area contributed by atoms with E-state index in [1.165, 1.54) is 12.1 Å². The molecule has 96 valence electrons. The number of rotatable bonds is 2. The largest absolute Gasteiger partial charge is 0.315 e. The number of hydrogen-bond acceptors (Lipinski definition) is 2. The van der Waals surface area contributed by atoms with Gasteiger partial charge >= 0.3 is 0 Å². The summed E-state index contributed by atoms with van der Waals surface area (Å²) in [5.41, 5.74) is 0.878. The average molecular weight is 279 g/mol. The molecule has 0 aliphatic carbocycles. The lowest BCUT2D eigenvalue weighted by Gasteiger charge is -2.20. The van der Waals surface area contributed by atoms with Crippen LogP contribution < -0.4 is 5.32 Å². The molecule has 0 amide bonds. The van der Waals surface area contributed by atoms with Gasteiger partial charge in [0.15, 0.2) is 0 Å². The minimum absolute atomic E-state index is 0. The Kier molecular flexibility index (Phi) is 6.20. The lowest BCUT2D eigenvalue weighted by atomic mass is 10.2. The molecule has 0 atom stereocenters. The van der Waals surface area contributed by atoms with Gasteiger partial charge in [-0.3, -0.25) is 4.90 Å². The Balaban J connectivity index is 0.00000144. The monoisotopic (exact) mass is 278 g/mol. The third-order valence-electron chi connectivity index (χ3n) is 2.83. The molecule has 0 bridgehead atoms. The van der Waals surface area contributed by atoms with Crippen molar-refractivity contribution < 1.29 is 4.39 Å². The van der Waals surface area contributed by atoms with Crippen molar-refractivity contribution in [3.8, 4) is 0 Å². The second-order valence-electron chi connectivity index (χ2n) is 4.12. The topological polar surface area (TPSA) is 15.3 Å². The molecule has 0 radical (unpaired) electrons. The van der Waals surface area contributed by atoms with E-state index in [1.807, 2.05) is 0 Å². The standard InChI is InChI=1S/C12H16ClFN2.ClH/c13-12-3-2-11(14)8-10(12)9-16-6-1-4-15-5-7-16;/h2-3,8,15H,1,4-7,9H2;1H. The van der Waals surface area contributed by atoms with E-state index in [0.717, 1.165) is 44.7 Å². The fourth-order valence-corrected chi connectivity index (χ4v) is 2.14. The van der Waals surface area contributed by atoms with Crippen LogP contribution in [0.4, 0.5) is 4.39 Å². The Morgan fingerprint density at radius 1 is 1.29 bits per heavy atom. The van der Waals surface area contributed by atoms with Crippen molar-refractivity contribution in [3.63, 3.8) is 0 Å². The summed E-state index contributed by atoms with van der Waals surface area (Å²) in [4.78, 5) is 2.31. The highest BCUT2D eigenvalue weighted by molar-refractivity contribution is 6.31. The van der Waals surface area contributed by atoms with E-state index in [-0.39, 0.29) is 18.2 Å². The van der Waals surface area contributed by atoms with Crippen LogP contribution in [0, 0.1) is 5.82 Å². The first-order chi connectivity index (χ1) is 7.75. The third-order valence-corrected chi connectivity index (χ3v) is 3.20. The molecule has 1 aliphatic rings. The van der Waals surface area contributed by atoms with Crippen LogP contribution in [0.1, 0.15) is 12.0 Å². The summed E-state index contributed by atoms with van der Waals surface area (Å²) in [6.07, 6.45) is 1.13. The van der Waals surface area contributed by atoms with Gasteiger partial charge in [0, 0.05) is 24.7 Å². The summed E-state index contributed by atoms with van der Waals surface area (Å²) in [6.45, 7) is 4.82. The van der Waals surface area contributed by atoms with Gasteiger partial charge in [-0.05, 0) is 43.3 Å². The van der Waals surface area contributed by atoms with E-state index in [1.54, 1.807) is 6.07 Å². The van der Waals surface area contributed by atoms with E-state index >= 15 is 0 Å². The van der Waals surface area contributed by atoms with Gasteiger partial charge in [-0.15, -0.1) is 12.4 Å². The van der Waals surface area contributed by atoms with Crippen LogP contribution in [-0.4, -0.2) is 31.1 Å². The summed E-state index contributed by atoms with van der Waals surface area (Å²) < 4.78 is 13.1. The van der Waals surface area contributed by atoms with E-state index in [0.29, 0.717) is 5.02 Å². The van der Waals surface area contributed by atoms with E-state index in [9.17, 15) is 4.39 Å². The summed E-state index contributed by atoms with van der Waals surface area (Å²) >= 11 is 6.05. The quantitative estimate of drug-likeness (QED) is 0.895. The fraction of sp³-hybridized carbons (Fsp3) is 0.500. The summed E-state index contributed by atoms with van der Waals surface area (Å²) in [6, 6.07) is 4.55. The smallest absolute Gasteiger partial charge is 0.123 e. The molecule has 0 aromatic heterocycles. The number of halogens is 3. The minimum atomic E-state index is -0.215. The highest BCUT2D eigenvalue weighted by Crippen LogP contribution is 2.19. The lowest BCUT2D eigenvalue weighted by molar-refractivity contribution is 0.284. The Bertz CT molecular complexity index is 352. The number of benzene rings is 1. The van der Waals surface area contributed by atoms with Gasteiger partial charge in [0.1, 0.15) is 5.82 Å². The van der Waals surface area contributed by atoms with Crippen LogP contribution in [-0.2, 0) is 6.54 Å². The van der Waals surface area contributed by atoms with Gasteiger partial charge in [-0.1, -0.05) is 11.6 Å². The molecule has 0 spiro atoms. The Morgan fingerprint density at radius 3 is 2.94 bits per heavy atom. The SMILES string of the molecule is Cl.Fc1ccc(Cl)c(CN2CCCNCC2)c1. The zero-order chi connectivity index (χ0) is 11.4. The van der Waals surface area contributed by atoms with Gasteiger partial charge in [0.25, 0.3) is 0 Å². The third kappa shape index (κ3) is 4.43. The van der Waals surface area contributed by atoms with E-state index in [4.69, 9.17) is 11.6 Å². The minimum Gasteiger partial charge on any atom is -0.315 e. The summed E-state index contributed by atoms with van der Waals surface area (Å²) in [5, 5.41) is 3.99. The highest BCUT2D eigenvalue weighted by atomic mass is 35.5. The molecule has 2 rings (SSSR count). The van der Waals surface area contributed by atoms with E-state index in [2.05, 4.69) is 10.2 Å². The van der Waals surface area contributed by atoms with Crippen LogP contribution in [0.25, 0.3) is 0 Å². The Hall–Kier alpha value is -0.350. The molecule has 5 heteroatoms. The molecule has 17 heavy (non-hydrogen) atoms. The van der Waals surface area contributed by atoms with Crippen LogP contribution in [0.15, 0.2) is 18.2 Å². The van der Waals surface area contributed by atoms with Crippen LogP contribution in [0.3, 0.4) is 0 Å². The Morgan fingerprint density at radius 2 is 2.12 bits per heavy atom. The molecule has 1 aliphatic heterocycles. The van der Waals surface area contributed by atoms with Crippen molar-refractivity contribution in [1.29, 1.82) is 0 Å². The number of nitrogens with zero attached hydrogens (tertiary/aromatic N) is 1. The predicted octanol–water partition coefficient (Wildman–Crippen LogP) is 2.70. The predicted molar refractivity (Wildman–Crippen MR) is 71.4 cm³/mol. The molecule has 1 heterocycles. The lowest BCUT2D eigenvalue weighted by Crippen LogP contribution is -2.27. The van der Waals surface area contributed by atoms with Crippen molar-refractivity contribution in [2.45, 2.75) is 13.0 Å². The van der Waals surface area contributed by atoms with Crippen molar-refractivity contribution in [1.82, 2.24) is 10.2 Å². The maximum atomic E-state index is 13.1. The van der Waals surface area contributed by atoms with Crippen molar-refractivity contribution in [2.75, 3.05) is 26.2 Å². The molecule has 2 nitrogen and oxygen atoms in total. The first-order valence-corrected chi connectivity index (χ1v) is 6.00. The number of hydrogen-bond donors (Lipinski definition) is 1. The molecule has 1 fully saturated rings. The maximum absolute atomic E-state index is 13.1. The molecule has 1 aromatic rings. The van der Waals surface area contributed by atoms with Gasteiger partial charge in [-0.25, -0.2) is 4.39 Å². The fourth-order valence-electron chi connectivity index (χ4n) is 1.97. The summed E-state index contributed by atoms with van der Waals surface area (Å²) in [7, 11) is 0. The second-order valence-corrected chi connectivity index (χ2v) is 4.52. The molecular formula is C12H17Cl2FN2. The van der Waals surface area contributed by atoms with Crippen molar-refractivity contribution in [3.05, 3.63) is 34.6 Å². The molecule has 1 saturated heterocycles. The highest BCUT2D eigenvalue weighted by Gasteiger charge is 2.11. The van der Waals surface area contributed by atoms with Crippen LogP contribution in [0.5, 0.6) is 0 Å². The molecule has 0 saturated carbocycles. The molecule has 0 unspecified atom stereocenters. The van der Waals surface area contributed by atoms with Crippen LogP contribution >= 0.6 is 24.0 Å². The summed E-state index contributed by atoms with van der Waals surface area (Å²) in [5.74, 6) is -0.215. The maximum Gasteiger partial charge on any atom is 0.123 e. The van der Waals surface area contributed by atoms with Gasteiger partial charge in [0.2, 0.25) is 0 Å². The van der Waals surface area contributed by atoms with Crippen molar-refractivity contribution >= 4 is 24.0 Å². The number of nitrogens with one attached hydrogen (secondary N) is 1. The van der Waals surface area contributed by atoms with E-state index < -0.39 is 0 Å². The zero-order valence-corrected chi connectivity index (χ0v) is 11.2. The molecular weight excluding hydrogens is 262 g/mol. The van der Waals surface area contributed by atoms with Gasteiger partial charge in [-0.2, -0.15) is 0 Å². The van der Waals surface area contributed by atoms with Gasteiger partial charge < -0.3 is 5.32 Å². The van der Waals surface area contributed by atoms with Crippen molar-refractivity contribution in [2.24, 2.45) is 0 Å². The normalized spacial score (nSPS) is 17.3. The molecule has 1 N–H and O–H groups in total.